The fraction of sp³-hybridized carbons (Fsp3) is 0.850. The SMILES string of the molecule is CC(=CCCC1C(C)(C)C2CCC13CCC(C)C3(O)C2)C(=O)O. The average Bonchev–Trinajstić information content (AvgIpc) is 2.74. The van der Waals surface area contributed by atoms with Crippen LogP contribution in [-0.4, -0.2) is 21.8 Å². The lowest BCUT2D eigenvalue weighted by molar-refractivity contribution is -0.239. The zero-order valence-electron chi connectivity index (χ0n) is 15.1. The molecule has 0 aromatic carbocycles. The fourth-order valence-corrected chi connectivity index (χ4v) is 6.56. The average molecular weight is 320 g/mol. The Morgan fingerprint density at radius 3 is 2.57 bits per heavy atom. The molecule has 0 radical (unpaired) electrons. The number of aliphatic carboxylic acids is 1. The van der Waals surface area contributed by atoms with Crippen molar-refractivity contribution in [2.45, 2.75) is 78.2 Å². The van der Waals surface area contributed by atoms with Crippen molar-refractivity contribution in [3.63, 3.8) is 0 Å². The Morgan fingerprint density at radius 1 is 1.26 bits per heavy atom. The summed E-state index contributed by atoms with van der Waals surface area (Å²) in [5.41, 5.74) is 0.271. The van der Waals surface area contributed by atoms with Gasteiger partial charge >= 0.3 is 5.97 Å². The summed E-state index contributed by atoms with van der Waals surface area (Å²) < 4.78 is 0. The van der Waals surface area contributed by atoms with Gasteiger partial charge in [0.2, 0.25) is 0 Å². The van der Waals surface area contributed by atoms with E-state index in [-0.39, 0.29) is 10.8 Å². The van der Waals surface area contributed by atoms with E-state index < -0.39 is 11.6 Å². The van der Waals surface area contributed by atoms with E-state index in [4.69, 9.17) is 5.11 Å². The normalized spacial score (nSPS) is 45.1. The first-order valence-electron chi connectivity index (χ1n) is 9.27. The number of allylic oxidation sites excluding steroid dienone is 1. The predicted octanol–water partition coefficient (Wildman–Crippen LogP) is 4.40. The molecule has 0 aromatic rings. The number of hydrogen-bond acceptors (Lipinski definition) is 2. The number of carbonyl (C=O) groups is 1. The second-order valence-corrected chi connectivity index (χ2v) is 9.10. The molecule has 3 heteroatoms. The van der Waals surface area contributed by atoms with Crippen LogP contribution in [0.4, 0.5) is 0 Å². The summed E-state index contributed by atoms with van der Waals surface area (Å²) in [5, 5.41) is 20.6. The van der Waals surface area contributed by atoms with Crippen LogP contribution in [0.1, 0.15) is 72.6 Å². The van der Waals surface area contributed by atoms with Crippen LogP contribution in [-0.2, 0) is 4.79 Å². The third-order valence-corrected chi connectivity index (χ3v) is 8.06. The molecule has 0 amide bonds. The van der Waals surface area contributed by atoms with Crippen molar-refractivity contribution in [2.24, 2.45) is 28.6 Å². The quantitative estimate of drug-likeness (QED) is 0.755. The molecule has 23 heavy (non-hydrogen) atoms. The van der Waals surface area contributed by atoms with Gasteiger partial charge in [-0.3, -0.25) is 0 Å². The Kier molecular flexibility index (Phi) is 3.95. The number of hydrogen-bond donors (Lipinski definition) is 2. The Balaban J connectivity index is 1.88. The van der Waals surface area contributed by atoms with Gasteiger partial charge < -0.3 is 10.2 Å². The Morgan fingerprint density at radius 2 is 1.91 bits per heavy atom. The number of fused-ring (bicyclic) bond motifs is 2. The highest BCUT2D eigenvalue weighted by Crippen LogP contribution is 2.73. The van der Waals surface area contributed by atoms with Crippen molar-refractivity contribution in [1.29, 1.82) is 0 Å². The van der Waals surface area contributed by atoms with Gasteiger partial charge in [-0.1, -0.05) is 26.8 Å². The summed E-state index contributed by atoms with van der Waals surface area (Å²) in [7, 11) is 0. The molecular formula is C20H32O3. The first kappa shape index (κ1) is 17.0. The fourth-order valence-electron chi connectivity index (χ4n) is 6.56. The molecule has 2 N–H and O–H groups in total. The minimum atomic E-state index is -0.821. The lowest BCUT2D eigenvalue weighted by Gasteiger charge is -2.67. The van der Waals surface area contributed by atoms with E-state index in [2.05, 4.69) is 20.8 Å². The zero-order chi connectivity index (χ0) is 17.0. The molecule has 0 aromatic heterocycles. The van der Waals surface area contributed by atoms with Crippen molar-refractivity contribution in [3.05, 3.63) is 11.6 Å². The highest BCUT2D eigenvalue weighted by atomic mass is 16.4. The van der Waals surface area contributed by atoms with E-state index in [1.807, 2.05) is 6.08 Å². The van der Waals surface area contributed by atoms with Gasteiger partial charge in [-0.05, 0) is 75.0 Å². The van der Waals surface area contributed by atoms with Gasteiger partial charge in [0.25, 0.3) is 0 Å². The van der Waals surface area contributed by atoms with E-state index in [1.165, 1.54) is 6.42 Å². The van der Waals surface area contributed by atoms with E-state index >= 15 is 0 Å². The molecule has 0 aliphatic heterocycles. The molecule has 4 fully saturated rings. The summed E-state index contributed by atoms with van der Waals surface area (Å²) in [4.78, 5) is 11.0. The Bertz CT molecular complexity index is 531. The maximum atomic E-state index is 11.6. The van der Waals surface area contributed by atoms with Crippen LogP contribution in [0, 0.1) is 28.6 Å². The van der Waals surface area contributed by atoms with E-state index in [0.29, 0.717) is 23.3 Å². The van der Waals surface area contributed by atoms with Crippen molar-refractivity contribution in [3.8, 4) is 0 Å². The predicted molar refractivity (Wildman–Crippen MR) is 91.0 cm³/mol. The molecule has 1 spiro atoms. The van der Waals surface area contributed by atoms with Crippen LogP contribution in [0.3, 0.4) is 0 Å². The second-order valence-electron chi connectivity index (χ2n) is 9.10. The standard InChI is InChI=1S/C20H32O3/c1-13(17(21)22)6-5-7-16-18(3,4)15-9-11-19(16)10-8-14(2)20(19,23)12-15/h6,14-16,23H,5,7-12H2,1-4H3,(H,21,22). The van der Waals surface area contributed by atoms with Gasteiger partial charge in [-0.2, -0.15) is 0 Å². The number of rotatable bonds is 4. The van der Waals surface area contributed by atoms with Crippen LogP contribution >= 0.6 is 0 Å². The lowest BCUT2D eigenvalue weighted by Crippen LogP contribution is -2.65. The molecule has 4 saturated carbocycles. The lowest BCUT2D eigenvalue weighted by atomic mass is 9.40. The summed E-state index contributed by atoms with van der Waals surface area (Å²) in [6.45, 7) is 8.68. The van der Waals surface area contributed by atoms with Gasteiger partial charge in [0, 0.05) is 11.0 Å². The van der Waals surface area contributed by atoms with Crippen molar-refractivity contribution in [2.75, 3.05) is 0 Å². The zero-order valence-corrected chi connectivity index (χ0v) is 15.1. The van der Waals surface area contributed by atoms with E-state index in [1.54, 1.807) is 6.92 Å². The second kappa shape index (κ2) is 5.34. The monoisotopic (exact) mass is 320 g/mol. The van der Waals surface area contributed by atoms with E-state index in [0.717, 1.165) is 38.5 Å². The summed E-state index contributed by atoms with van der Waals surface area (Å²) in [5.74, 6) is 0.679. The minimum absolute atomic E-state index is 0.0651. The smallest absolute Gasteiger partial charge is 0.330 e. The molecule has 2 bridgehead atoms. The minimum Gasteiger partial charge on any atom is -0.478 e. The molecule has 4 aliphatic rings. The van der Waals surface area contributed by atoms with Gasteiger partial charge in [-0.25, -0.2) is 4.79 Å². The Labute approximate surface area is 140 Å². The van der Waals surface area contributed by atoms with Crippen molar-refractivity contribution in [1.82, 2.24) is 0 Å². The molecule has 130 valence electrons. The molecule has 0 heterocycles. The van der Waals surface area contributed by atoms with Gasteiger partial charge in [0.1, 0.15) is 0 Å². The number of aliphatic hydroxyl groups is 1. The maximum absolute atomic E-state index is 11.6. The molecular weight excluding hydrogens is 288 g/mol. The highest BCUT2D eigenvalue weighted by molar-refractivity contribution is 5.85. The molecule has 3 nitrogen and oxygen atoms in total. The first-order chi connectivity index (χ1) is 10.6. The first-order valence-corrected chi connectivity index (χ1v) is 9.27. The highest BCUT2D eigenvalue weighted by Gasteiger charge is 2.70. The molecule has 5 atom stereocenters. The summed E-state index contributed by atoms with van der Waals surface area (Å²) in [6, 6.07) is 0. The van der Waals surface area contributed by atoms with Crippen molar-refractivity contribution >= 4 is 5.97 Å². The molecule has 5 unspecified atom stereocenters. The van der Waals surface area contributed by atoms with Crippen molar-refractivity contribution < 1.29 is 15.0 Å². The molecule has 4 rings (SSSR count). The number of carboxylic acids is 1. The largest absolute Gasteiger partial charge is 0.478 e. The van der Waals surface area contributed by atoms with Crippen LogP contribution in [0.2, 0.25) is 0 Å². The van der Waals surface area contributed by atoms with E-state index in [9.17, 15) is 9.90 Å². The van der Waals surface area contributed by atoms with Crippen LogP contribution in [0.25, 0.3) is 0 Å². The third-order valence-electron chi connectivity index (χ3n) is 8.06. The van der Waals surface area contributed by atoms with Crippen LogP contribution in [0.15, 0.2) is 11.6 Å². The maximum Gasteiger partial charge on any atom is 0.330 e. The van der Waals surface area contributed by atoms with Gasteiger partial charge in [-0.15, -0.1) is 0 Å². The number of carboxylic acid groups (broad SMARTS) is 1. The van der Waals surface area contributed by atoms with Crippen LogP contribution < -0.4 is 0 Å². The Hall–Kier alpha value is -0.830. The molecule has 4 aliphatic carbocycles. The third kappa shape index (κ3) is 2.22. The summed E-state index contributed by atoms with van der Waals surface area (Å²) >= 11 is 0. The summed E-state index contributed by atoms with van der Waals surface area (Å²) in [6.07, 6.45) is 9.36. The van der Waals surface area contributed by atoms with Crippen LogP contribution in [0.5, 0.6) is 0 Å². The topological polar surface area (TPSA) is 57.5 Å². The molecule has 0 saturated heterocycles. The van der Waals surface area contributed by atoms with Gasteiger partial charge in [0.05, 0.1) is 5.60 Å². The van der Waals surface area contributed by atoms with Gasteiger partial charge in [0.15, 0.2) is 0 Å².